The standard InChI is InChI=1S/C15H11N3OS/c19-11-5-3-4-10(8-11)13-9-14(18-15(20)17-13)12-6-1-2-7-16-12/h1-9,19H,(H,17,18,20). The van der Waals surface area contributed by atoms with Crippen molar-refractivity contribution in [2.75, 3.05) is 0 Å². The molecule has 0 bridgehead atoms. The van der Waals surface area contributed by atoms with Crippen LogP contribution in [0.25, 0.3) is 22.6 Å². The molecule has 0 fully saturated rings. The summed E-state index contributed by atoms with van der Waals surface area (Å²) in [6.45, 7) is 0. The van der Waals surface area contributed by atoms with Crippen LogP contribution >= 0.6 is 12.2 Å². The van der Waals surface area contributed by atoms with Gasteiger partial charge in [-0.05, 0) is 42.5 Å². The van der Waals surface area contributed by atoms with E-state index in [1.165, 1.54) is 0 Å². The maximum atomic E-state index is 9.56. The lowest BCUT2D eigenvalue weighted by Crippen LogP contribution is -1.92. The van der Waals surface area contributed by atoms with Gasteiger partial charge in [-0.2, -0.15) is 0 Å². The Bertz CT molecular complexity index is 799. The van der Waals surface area contributed by atoms with Gasteiger partial charge in [0.25, 0.3) is 0 Å². The van der Waals surface area contributed by atoms with Crippen molar-refractivity contribution in [1.82, 2.24) is 15.0 Å². The fraction of sp³-hybridized carbons (Fsp3) is 0. The van der Waals surface area contributed by atoms with E-state index in [1.807, 2.05) is 30.3 Å². The van der Waals surface area contributed by atoms with Gasteiger partial charge >= 0.3 is 0 Å². The molecule has 1 aromatic carbocycles. The Morgan fingerprint density at radius 1 is 1.00 bits per heavy atom. The highest BCUT2D eigenvalue weighted by atomic mass is 32.1. The van der Waals surface area contributed by atoms with Gasteiger partial charge in [0.05, 0.1) is 17.1 Å². The molecule has 98 valence electrons. The number of phenolic OH excluding ortho intramolecular Hbond substituents is 1. The number of nitrogens with zero attached hydrogens (tertiary/aromatic N) is 2. The van der Waals surface area contributed by atoms with E-state index in [4.69, 9.17) is 12.2 Å². The van der Waals surface area contributed by atoms with Crippen LogP contribution in [-0.2, 0) is 0 Å². The van der Waals surface area contributed by atoms with Crippen molar-refractivity contribution >= 4 is 12.2 Å². The van der Waals surface area contributed by atoms with Crippen molar-refractivity contribution in [3.8, 4) is 28.4 Å². The molecule has 2 N–H and O–H groups in total. The van der Waals surface area contributed by atoms with E-state index in [1.54, 1.807) is 24.4 Å². The molecule has 5 heteroatoms. The van der Waals surface area contributed by atoms with E-state index in [-0.39, 0.29) is 5.75 Å². The molecule has 3 aromatic rings. The first-order valence-corrected chi connectivity index (χ1v) is 6.45. The van der Waals surface area contributed by atoms with E-state index < -0.39 is 0 Å². The van der Waals surface area contributed by atoms with Gasteiger partial charge in [-0.15, -0.1) is 0 Å². The van der Waals surface area contributed by atoms with Gasteiger partial charge in [-0.25, -0.2) is 4.98 Å². The molecular weight excluding hydrogens is 270 g/mol. The topological polar surface area (TPSA) is 61.8 Å². The molecule has 0 atom stereocenters. The lowest BCUT2D eigenvalue weighted by Gasteiger charge is -2.05. The van der Waals surface area contributed by atoms with Crippen molar-refractivity contribution in [3.05, 3.63) is 59.5 Å². The summed E-state index contributed by atoms with van der Waals surface area (Å²) in [6.07, 6.45) is 1.72. The second-order valence-corrected chi connectivity index (χ2v) is 4.64. The van der Waals surface area contributed by atoms with Crippen LogP contribution in [-0.4, -0.2) is 20.1 Å². The molecule has 0 aliphatic heterocycles. The van der Waals surface area contributed by atoms with Crippen LogP contribution < -0.4 is 0 Å². The Balaban J connectivity index is 2.15. The van der Waals surface area contributed by atoms with Crippen LogP contribution in [0.1, 0.15) is 0 Å². The molecule has 0 aliphatic carbocycles. The number of benzene rings is 1. The van der Waals surface area contributed by atoms with Gasteiger partial charge in [0.1, 0.15) is 5.75 Å². The van der Waals surface area contributed by atoms with Crippen molar-refractivity contribution in [1.29, 1.82) is 0 Å². The summed E-state index contributed by atoms with van der Waals surface area (Å²) < 4.78 is 0.381. The number of nitrogens with one attached hydrogen (secondary N) is 1. The van der Waals surface area contributed by atoms with Crippen molar-refractivity contribution in [2.24, 2.45) is 0 Å². The van der Waals surface area contributed by atoms with E-state index in [9.17, 15) is 5.11 Å². The number of hydrogen-bond donors (Lipinski definition) is 2. The van der Waals surface area contributed by atoms with Gasteiger partial charge in [0.15, 0.2) is 4.77 Å². The number of hydrogen-bond acceptors (Lipinski definition) is 4. The lowest BCUT2D eigenvalue weighted by atomic mass is 10.1. The van der Waals surface area contributed by atoms with Gasteiger partial charge < -0.3 is 10.1 Å². The van der Waals surface area contributed by atoms with Crippen LogP contribution in [0.15, 0.2) is 54.7 Å². The van der Waals surface area contributed by atoms with Gasteiger partial charge in [0, 0.05) is 11.8 Å². The molecule has 4 nitrogen and oxygen atoms in total. The molecular formula is C15H11N3OS. The highest BCUT2D eigenvalue weighted by Gasteiger charge is 2.05. The average molecular weight is 281 g/mol. The number of phenols is 1. The Kier molecular flexibility index (Phi) is 3.26. The largest absolute Gasteiger partial charge is 0.508 e. The maximum Gasteiger partial charge on any atom is 0.197 e. The minimum atomic E-state index is 0.197. The predicted octanol–water partition coefficient (Wildman–Crippen LogP) is 3.57. The van der Waals surface area contributed by atoms with E-state index in [0.29, 0.717) is 10.5 Å². The second kappa shape index (κ2) is 5.22. The first-order chi connectivity index (χ1) is 9.72. The third-order valence-electron chi connectivity index (χ3n) is 2.83. The van der Waals surface area contributed by atoms with Crippen LogP contribution in [0, 0.1) is 4.77 Å². The number of aromatic amines is 1. The molecule has 0 amide bonds. The van der Waals surface area contributed by atoms with Gasteiger partial charge in [-0.1, -0.05) is 18.2 Å². The summed E-state index contributed by atoms with van der Waals surface area (Å²) in [5.41, 5.74) is 3.10. The zero-order chi connectivity index (χ0) is 13.9. The summed E-state index contributed by atoms with van der Waals surface area (Å²) in [6, 6.07) is 14.4. The summed E-state index contributed by atoms with van der Waals surface area (Å²) in [4.78, 5) is 11.6. The molecule has 0 saturated heterocycles. The number of aromatic hydroxyl groups is 1. The fourth-order valence-corrected chi connectivity index (χ4v) is 2.14. The molecule has 2 heterocycles. The van der Waals surface area contributed by atoms with E-state index in [2.05, 4.69) is 15.0 Å². The molecule has 0 spiro atoms. The summed E-state index contributed by atoms with van der Waals surface area (Å²) in [5.74, 6) is 0.197. The summed E-state index contributed by atoms with van der Waals surface area (Å²) in [7, 11) is 0. The number of rotatable bonds is 2. The SMILES string of the molecule is Oc1cccc(-c2cc(-c3ccccn3)[nH]c(=S)n2)c1. The normalized spacial score (nSPS) is 10.4. The number of aromatic nitrogens is 3. The smallest absolute Gasteiger partial charge is 0.197 e. The minimum Gasteiger partial charge on any atom is -0.508 e. The van der Waals surface area contributed by atoms with E-state index >= 15 is 0 Å². The molecule has 0 unspecified atom stereocenters. The van der Waals surface area contributed by atoms with Crippen LogP contribution in [0.3, 0.4) is 0 Å². The van der Waals surface area contributed by atoms with Crippen LogP contribution in [0.2, 0.25) is 0 Å². The summed E-state index contributed by atoms with van der Waals surface area (Å²) >= 11 is 5.16. The zero-order valence-corrected chi connectivity index (χ0v) is 11.3. The Hall–Kier alpha value is -2.53. The Morgan fingerprint density at radius 2 is 1.90 bits per heavy atom. The number of H-pyrrole nitrogens is 1. The monoisotopic (exact) mass is 281 g/mol. The first-order valence-electron chi connectivity index (χ1n) is 6.04. The third-order valence-corrected chi connectivity index (χ3v) is 3.02. The predicted molar refractivity (Wildman–Crippen MR) is 79.8 cm³/mol. The van der Waals surface area contributed by atoms with Crippen molar-refractivity contribution in [2.45, 2.75) is 0 Å². The molecule has 0 saturated carbocycles. The minimum absolute atomic E-state index is 0.197. The maximum absolute atomic E-state index is 9.56. The van der Waals surface area contributed by atoms with E-state index in [0.717, 1.165) is 17.0 Å². The van der Waals surface area contributed by atoms with Gasteiger partial charge in [0.2, 0.25) is 0 Å². The van der Waals surface area contributed by atoms with Crippen molar-refractivity contribution < 1.29 is 5.11 Å². The Labute approximate surface area is 120 Å². The molecule has 20 heavy (non-hydrogen) atoms. The quantitative estimate of drug-likeness (QED) is 0.705. The fourth-order valence-electron chi connectivity index (χ4n) is 1.93. The second-order valence-electron chi connectivity index (χ2n) is 4.25. The highest BCUT2D eigenvalue weighted by Crippen LogP contribution is 2.24. The Morgan fingerprint density at radius 3 is 2.65 bits per heavy atom. The highest BCUT2D eigenvalue weighted by molar-refractivity contribution is 7.71. The van der Waals surface area contributed by atoms with Crippen LogP contribution in [0.5, 0.6) is 5.75 Å². The summed E-state index contributed by atoms with van der Waals surface area (Å²) in [5, 5.41) is 9.56. The lowest BCUT2D eigenvalue weighted by molar-refractivity contribution is 0.475. The molecule has 3 rings (SSSR count). The van der Waals surface area contributed by atoms with Crippen molar-refractivity contribution in [3.63, 3.8) is 0 Å². The molecule has 0 radical (unpaired) electrons. The molecule has 0 aliphatic rings. The zero-order valence-electron chi connectivity index (χ0n) is 10.4. The third kappa shape index (κ3) is 2.57. The van der Waals surface area contributed by atoms with Crippen LogP contribution in [0.4, 0.5) is 0 Å². The first kappa shape index (κ1) is 12.5. The number of pyridine rings is 1. The van der Waals surface area contributed by atoms with Gasteiger partial charge in [-0.3, -0.25) is 4.98 Å². The molecule has 2 aromatic heterocycles. The average Bonchev–Trinajstić information content (AvgIpc) is 2.47.